The number of rotatable bonds is 7. The molecule has 0 radical (unpaired) electrons. The van der Waals surface area contributed by atoms with Crippen LogP contribution in [0.1, 0.15) is 12.5 Å². The van der Waals surface area contributed by atoms with Crippen LogP contribution in [-0.4, -0.2) is 28.3 Å². The number of amides is 1. The third-order valence-electron chi connectivity index (χ3n) is 4.10. The van der Waals surface area contributed by atoms with Gasteiger partial charge in [0.15, 0.2) is 5.16 Å². The van der Waals surface area contributed by atoms with Crippen LogP contribution in [0.3, 0.4) is 0 Å². The quantitative estimate of drug-likeness (QED) is 0.502. The van der Waals surface area contributed by atoms with Gasteiger partial charge in [-0.2, -0.15) is 0 Å². The third-order valence-corrected chi connectivity index (χ3v) is 5.08. The van der Waals surface area contributed by atoms with Crippen molar-refractivity contribution in [3.05, 3.63) is 64.4 Å². The summed E-state index contributed by atoms with van der Waals surface area (Å²) < 4.78 is 6.78. The van der Waals surface area contributed by atoms with E-state index in [9.17, 15) is 9.59 Å². The van der Waals surface area contributed by atoms with Crippen molar-refractivity contribution < 1.29 is 9.53 Å². The van der Waals surface area contributed by atoms with Crippen LogP contribution in [0.25, 0.3) is 10.9 Å². The van der Waals surface area contributed by atoms with Gasteiger partial charge in [-0.3, -0.25) is 14.2 Å². The van der Waals surface area contributed by atoms with Crippen molar-refractivity contribution in [2.45, 2.75) is 25.2 Å². The zero-order valence-electron chi connectivity index (χ0n) is 15.3. The number of nitrogens with zero attached hydrogens (tertiary/aromatic N) is 2. The van der Waals surface area contributed by atoms with Crippen LogP contribution in [0.4, 0.5) is 0 Å². The van der Waals surface area contributed by atoms with Crippen molar-refractivity contribution in [3.63, 3.8) is 0 Å². The van der Waals surface area contributed by atoms with Gasteiger partial charge in [0.25, 0.3) is 5.56 Å². The van der Waals surface area contributed by atoms with E-state index in [0.29, 0.717) is 29.1 Å². The molecule has 1 N–H and O–H groups in total. The molecule has 140 valence electrons. The topological polar surface area (TPSA) is 73.2 Å². The molecule has 1 heterocycles. The van der Waals surface area contributed by atoms with E-state index in [4.69, 9.17) is 4.74 Å². The lowest BCUT2D eigenvalue weighted by Crippen LogP contribution is -2.26. The number of hydrogen-bond donors (Lipinski definition) is 1. The summed E-state index contributed by atoms with van der Waals surface area (Å²) in [6.07, 6.45) is 0. The summed E-state index contributed by atoms with van der Waals surface area (Å²) >= 11 is 1.27. The van der Waals surface area contributed by atoms with E-state index in [-0.39, 0.29) is 17.2 Å². The predicted octanol–water partition coefficient (Wildman–Crippen LogP) is 2.83. The number of methoxy groups -OCH3 is 1. The van der Waals surface area contributed by atoms with Gasteiger partial charge in [-0.15, -0.1) is 0 Å². The first-order valence-electron chi connectivity index (χ1n) is 8.64. The van der Waals surface area contributed by atoms with Crippen molar-refractivity contribution in [2.75, 3.05) is 12.9 Å². The number of ether oxygens (including phenoxy) is 1. The molecule has 0 fully saturated rings. The molecule has 1 aromatic heterocycles. The molecule has 1 amide bonds. The molecule has 7 heteroatoms. The number of fused-ring (bicyclic) bond motifs is 1. The van der Waals surface area contributed by atoms with E-state index in [1.54, 1.807) is 17.7 Å². The van der Waals surface area contributed by atoms with Crippen LogP contribution in [0.5, 0.6) is 5.75 Å². The van der Waals surface area contributed by atoms with Gasteiger partial charge in [-0.1, -0.05) is 36.0 Å². The Morgan fingerprint density at radius 1 is 1.22 bits per heavy atom. The van der Waals surface area contributed by atoms with Crippen molar-refractivity contribution >= 4 is 28.6 Å². The average Bonchev–Trinajstić information content (AvgIpc) is 2.71. The Balaban J connectivity index is 1.67. The number of carbonyl (C=O) groups is 1. The number of nitrogens with one attached hydrogen (secondary N) is 1. The molecular formula is C20H21N3O3S. The van der Waals surface area contributed by atoms with E-state index in [1.165, 1.54) is 11.8 Å². The van der Waals surface area contributed by atoms with Crippen molar-refractivity contribution in [3.8, 4) is 5.75 Å². The van der Waals surface area contributed by atoms with E-state index in [2.05, 4.69) is 10.3 Å². The van der Waals surface area contributed by atoms with Crippen molar-refractivity contribution in [1.82, 2.24) is 14.9 Å². The third kappa shape index (κ3) is 4.49. The predicted molar refractivity (Wildman–Crippen MR) is 107 cm³/mol. The Bertz CT molecular complexity index is 1020. The normalized spacial score (nSPS) is 10.7. The molecule has 0 aliphatic heterocycles. The van der Waals surface area contributed by atoms with Crippen molar-refractivity contribution in [1.29, 1.82) is 0 Å². The van der Waals surface area contributed by atoms with Gasteiger partial charge < -0.3 is 10.1 Å². The maximum atomic E-state index is 12.6. The molecule has 0 unspecified atom stereocenters. The molecule has 0 aliphatic rings. The zero-order valence-corrected chi connectivity index (χ0v) is 16.1. The minimum atomic E-state index is -0.118. The number of thioether (sulfide) groups is 1. The fourth-order valence-corrected chi connectivity index (χ4v) is 3.59. The van der Waals surface area contributed by atoms with Gasteiger partial charge in [0.1, 0.15) is 5.75 Å². The summed E-state index contributed by atoms with van der Waals surface area (Å²) in [5, 5.41) is 4.02. The molecule has 0 atom stereocenters. The van der Waals surface area contributed by atoms with Gasteiger partial charge in [0.2, 0.25) is 5.91 Å². The maximum absolute atomic E-state index is 12.6. The highest BCUT2D eigenvalue weighted by molar-refractivity contribution is 7.99. The molecule has 0 spiro atoms. The molecule has 27 heavy (non-hydrogen) atoms. The highest BCUT2D eigenvalue weighted by atomic mass is 32.2. The van der Waals surface area contributed by atoms with Crippen LogP contribution >= 0.6 is 11.8 Å². The van der Waals surface area contributed by atoms with Crippen LogP contribution in [0, 0.1) is 0 Å². The zero-order chi connectivity index (χ0) is 19.2. The van der Waals surface area contributed by atoms with Gasteiger partial charge >= 0.3 is 0 Å². The summed E-state index contributed by atoms with van der Waals surface area (Å²) in [6, 6.07) is 14.8. The highest BCUT2D eigenvalue weighted by Crippen LogP contribution is 2.18. The first-order valence-corrected chi connectivity index (χ1v) is 9.63. The van der Waals surface area contributed by atoms with Crippen LogP contribution in [0.2, 0.25) is 0 Å². The summed E-state index contributed by atoms with van der Waals surface area (Å²) in [6.45, 7) is 2.82. The Morgan fingerprint density at radius 3 is 2.81 bits per heavy atom. The average molecular weight is 383 g/mol. The summed E-state index contributed by atoms with van der Waals surface area (Å²) in [5.74, 6) is 0.825. The molecule has 3 aromatic rings. The molecule has 2 aromatic carbocycles. The largest absolute Gasteiger partial charge is 0.497 e. The number of hydrogen-bond acceptors (Lipinski definition) is 5. The summed E-state index contributed by atoms with van der Waals surface area (Å²) in [7, 11) is 1.61. The van der Waals surface area contributed by atoms with E-state index < -0.39 is 0 Å². The van der Waals surface area contributed by atoms with E-state index in [1.807, 2.05) is 49.4 Å². The Kier molecular flexibility index (Phi) is 6.13. The second kappa shape index (κ2) is 8.73. The van der Waals surface area contributed by atoms with Crippen molar-refractivity contribution in [2.24, 2.45) is 0 Å². The monoisotopic (exact) mass is 383 g/mol. The maximum Gasteiger partial charge on any atom is 0.262 e. The number of carbonyl (C=O) groups excluding carboxylic acids is 1. The lowest BCUT2D eigenvalue weighted by molar-refractivity contribution is -0.118. The number of benzene rings is 2. The van der Waals surface area contributed by atoms with Gasteiger partial charge in [-0.05, 0) is 36.8 Å². The first-order chi connectivity index (χ1) is 13.1. The van der Waals surface area contributed by atoms with Crippen LogP contribution < -0.4 is 15.6 Å². The Hall–Kier alpha value is -2.80. The fraction of sp³-hybridized carbons (Fsp3) is 0.250. The lowest BCUT2D eigenvalue weighted by atomic mass is 10.2. The standard InChI is InChI=1S/C20H21N3O3S/c1-3-23-19(25)16-9-4-5-10-17(16)22-20(23)27-13-18(24)21-12-14-7-6-8-15(11-14)26-2/h4-11H,3,12-13H2,1-2H3,(H,21,24). The van der Waals surface area contributed by atoms with Gasteiger partial charge in [0, 0.05) is 13.1 Å². The smallest absolute Gasteiger partial charge is 0.262 e. The molecule has 6 nitrogen and oxygen atoms in total. The number of aromatic nitrogens is 2. The van der Waals surface area contributed by atoms with Crippen LogP contribution in [-0.2, 0) is 17.9 Å². The van der Waals surface area contributed by atoms with E-state index >= 15 is 0 Å². The number of para-hydroxylation sites is 1. The lowest BCUT2D eigenvalue weighted by Gasteiger charge is -2.11. The molecule has 0 aliphatic carbocycles. The van der Waals surface area contributed by atoms with Gasteiger partial charge in [0.05, 0.1) is 23.8 Å². The Labute approximate surface area is 161 Å². The molecule has 0 saturated carbocycles. The second-order valence-corrected chi connectivity index (χ2v) is 6.82. The Morgan fingerprint density at radius 2 is 2.04 bits per heavy atom. The SMILES string of the molecule is CCn1c(SCC(=O)NCc2cccc(OC)c2)nc2ccccc2c1=O. The molecule has 0 bridgehead atoms. The minimum Gasteiger partial charge on any atom is -0.497 e. The van der Waals surface area contributed by atoms with Crippen LogP contribution in [0.15, 0.2) is 58.5 Å². The van der Waals surface area contributed by atoms with Gasteiger partial charge in [-0.25, -0.2) is 4.98 Å². The second-order valence-electron chi connectivity index (χ2n) is 5.88. The van der Waals surface area contributed by atoms with E-state index in [0.717, 1.165) is 11.3 Å². The molecule has 3 rings (SSSR count). The molecule has 0 saturated heterocycles. The minimum absolute atomic E-state index is 0.0811. The summed E-state index contributed by atoms with van der Waals surface area (Å²) in [5.41, 5.74) is 1.52. The first kappa shape index (κ1) is 19.0. The summed E-state index contributed by atoms with van der Waals surface area (Å²) in [4.78, 5) is 29.4. The highest BCUT2D eigenvalue weighted by Gasteiger charge is 2.12. The fourth-order valence-electron chi connectivity index (χ4n) is 2.70. The molecular weight excluding hydrogens is 362 g/mol.